The Morgan fingerprint density at radius 1 is 1.25 bits per heavy atom. The van der Waals surface area contributed by atoms with Crippen LogP contribution in [-0.4, -0.2) is 53.5 Å². The van der Waals surface area contributed by atoms with Gasteiger partial charge in [0.15, 0.2) is 0 Å². The van der Waals surface area contributed by atoms with E-state index in [2.05, 4.69) is 5.32 Å². The summed E-state index contributed by atoms with van der Waals surface area (Å²) < 4.78 is 1.61. The number of hydrogen-bond donors (Lipinski definition) is 1. The van der Waals surface area contributed by atoms with E-state index in [1.165, 1.54) is 0 Å². The number of carbonyl (C=O) groups is 2. The maximum absolute atomic E-state index is 13.4. The molecule has 1 N–H and O–H groups in total. The molecular weight excluding hydrogens is 358 g/mol. The first-order chi connectivity index (χ1) is 13.5. The number of fused-ring (bicyclic) bond motifs is 1. The fraction of sp³-hybridized carbons (Fsp3) is 0.400. The Morgan fingerprint density at radius 3 is 2.50 bits per heavy atom. The first-order valence-electron chi connectivity index (χ1n) is 9.45. The molecule has 0 saturated heterocycles. The summed E-state index contributed by atoms with van der Waals surface area (Å²) in [5.74, 6) is 0.370. The fourth-order valence-corrected chi connectivity index (χ4v) is 3.44. The summed E-state index contributed by atoms with van der Waals surface area (Å²) >= 11 is 0. The third-order valence-electron chi connectivity index (χ3n) is 5.06. The van der Waals surface area contributed by atoms with Crippen LogP contribution in [-0.2, 0) is 17.8 Å². The first kappa shape index (κ1) is 19.6. The molecule has 28 heavy (non-hydrogen) atoms. The first-order valence-corrected chi connectivity index (χ1v) is 9.45. The van der Waals surface area contributed by atoms with Gasteiger partial charge in [-0.05, 0) is 44.5 Å². The second kappa shape index (κ2) is 8.24. The van der Waals surface area contributed by atoms with E-state index in [4.69, 9.17) is 4.98 Å². The molecule has 8 heteroatoms. The van der Waals surface area contributed by atoms with E-state index in [0.29, 0.717) is 61.1 Å². The van der Waals surface area contributed by atoms with Crippen molar-refractivity contribution >= 4 is 18.3 Å². The van der Waals surface area contributed by atoms with Crippen molar-refractivity contribution in [2.75, 3.05) is 31.6 Å². The molecule has 0 bridgehead atoms. The van der Waals surface area contributed by atoms with Crippen LogP contribution in [0.5, 0.6) is 0 Å². The van der Waals surface area contributed by atoms with E-state index in [9.17, 15) is 14.4 Å². The summed E-state index contributed by atoms with van der Waals surface area (Å²) in [4.78, 5) is 44.7. The van der Waals surface area contributed by atoms with Gasteiger partial charge in [0.25, 0.3) is 11.5 Å². The fourth-order valence-electron chi connectivity index (χ4n) is 3.44. The number of rotatable bonds is 6. The van der Waals surface area contributed by atoms with Crippen molar-refractivity contribution in [2.24, 2.45) is 0 Å². The summed E-state index contributed by atoms with van der Waals surface area (Å²) in [5.41, 5.74) is 2.36. The molecule has 0 saturated carbocycles. The predicted octanol–water partition coefficient (Wildman–Crippen LogP) is 0.953. The zero-order chi connectivity index (χ0) is 20.3. The van der Waals surface area contributed by atoms with Gasteiger partial charge in [0.2, 0.25) is 12.4 Å². The second-order valence-electron chi connectivity index (χ2n) is 6.60. The van der Waals surface area contributed by atoms with Crippen molar-refractivity contribution in [1.29, 1.82) is 0 Å². The Balaban J connectivity index is 2.17. The van der Waals surface area contributed by atoms with E-state index < -0.39 is 0 Å². The number of benzene rings is 1. The molecule has 148 valence electrons. The Hall–Kier alpha value is -3.16. The van der Waals surface area contributed by atoms with Gasteiger partial charge >= 0.3 is 0 Å². The molecule has 2 aromatic rings. The lowest BCUT2D eigenvalue weighted by atomic mass is 10.1. The Morgan fingerprint density at radius 2 is 1.93 bits per heavy atom. The molecule has 1 aliphatic heterocycles. The van der Waals surface area contributed by atoms with Crippen molar-refractivity contribution in [3.63, 3.8) is 0 Å². The van der Waals surface area contributed by atoms with Gasteiger partial charge in [0.05, 0.1) is 17.9 Å². The van der Waals surface area contributed by atoms with Crippen molar-refractivity contribution in [3.8, 4) is 5.69 Å². The Bertz CT molecular complexity index is 932. The summed E-state index contributed by atoms with van der Waals surface area (Å²) in [6.07, 6.45) is 1.28. The lowest BCUT2D eigenvalue weighted by Crippen LogP contribution is -2.39. The van der Waals surface area contributed by atoms with Crippen LogP contribution in [0.25, 0.3) is 5.69 Å². The molecule has 0 aliphatic carbocycles. The SMILES string of the molecule is CCN(CC)c1nc2c(c(=O)n1-c1ccc(C(=O)NC)cc1)CCN(C=O)C2. The van der Waals surface area contributed by atoms with Crippen molar-refractivity contribution in [3.05, 3.63) is 51.4 Å². The summed E-state index contributed by atoms with van der Waals surface area (Å²) in [5, 5.41) is 2.59. The highest BCUT2D eigenvalue weighted by atomic mass is 16.2. The number of carbonyl (C=O) groups excluding carboxylic acids is 2. The maximum atomic E-state index is 13.4. The largest absolute Gasteiger partial charge is 0.355 e. The molecule has 0 radical (unpaired) electrons. The van der Waals surface area contributed by atoms with Crippen molar-refractivity contribution in [1.82, 2.24) is 19.8 Å². The average molecular weight is 383 g/mol. The molecule has 0 unspecified atom stereocenters. The van der Waals surface area contributed by atoms with Crippen molar-refractivity contribution < 1.29 is 9.59 Å². The molecule has 2 amide bonds. The molecule has 8 nitrogen and oxygen atoms in total. The molecular formula is C20H25N5O3. The van der Waals surface area contributed by atoms with Crippen LogP contribution in [0.4, 0.5) is 5.95 Å². The number of aromatic nitrogens is 2. The van der Waals surface area contributed by atoms with E-state index in [0.717, 1.165) is 6.41 Å². The molecule has 0 fully saturated rings. The number of hydrogen-bond acceptors (Lipinski definition) is 5. The highest BCUT2D eigenvalue weighted by Crippen LogP contribution is 2.21. The lowest BCUT2D eigenvalue weighted by molar-refractivity contribution is -0.119. The van der Waals surface area contributed by atoms with Crippen LogP contribution < -0.4 is 15.8 Å². The Labute approximate surface area is 163 Å². The molecule has 0 spiro atoms. The summed E-state index contributed by atoms with van der Waals surface area (Å²) in [6, 6.07) is 6.90. The van der Waals surface area contributed by atoms with Crippen LogP contribution >= 0.6 is 0 Å². The predicted molar refractivity (Wildman–Crippen MR) is 107 cm³/mol. The maximum Gasteiger partial charge on any atom is 0.263 e. The van der Waals surface area contributed by atoms with Crippen LogP contribution in [0.3, 0.4) is 0 Å². The molecule has 1 aliphatic rings. The highest BCUT2D eigenvalue weighted by Gasteiger charge is 2.25. The minimum Gasteiger partial charge on any atom is -0.355 e. The van der Waals surface area contributed by atoms with Crippen LogP contribution in [0.15, 0.2) is 29.1 Å². The highest BCUT2D eigenvalue weighted by molar-refractivity contribution is 5.94. The van der Waals surface area contributed by atoms with Crippen molar-refractivity contribution in [2.45, 2.75) is 26.8 Å². The third-order valence-corrected chi connectivity index (χ3v) is 5.06. The van der Waals surface area contributed by atoms with Gasteiger partial charge in [-0.2, -0.15) is 0 Å². The molecule has 2 heterocycles. The van der Waals surface area contributed by atoms with E-state index in [1.54, 1.807) is 40.8 Å². The normalized spacial score (nSPS) is 13.0. The van der Waals surface area contributed by atoms with Gasteiger partial charge in [-0.3, -0.25) is 14.4 Å². The topological polar surface area (TPSA) is 87.5 Å². The van der Waals surface area contributed by atoms with E-state index in [1.807, 2.05) is 18.7 Å². The number of amides is 2. The van der Waals surface area contributed by atoms with Gasteiger partial charge in [0, 0.05) is 37.8 Å². The monoisotopic (exact) mass is 383 g/mol. The molecule has 0 atom stereocenters. The smallest absolute Gasteiger partial charge is 0.263 e. The minimum atomic E-state index is -0.180. The third kappa shape index (κ3) is 3.49. The van der Waals surface area contributed by atoms with Crippen LogP contribution in [0, 0.1) is 0 Å². The zero-order valence-corrected chi connectivity index (χ0v) is 16.4. The quantitative estimate of drug-likeness (QED) is 0.751. The zero-order valence-electron chi connectivity index (χ0n) is 16.4. The number of nitrogens with one attached hydrogen (secondary N) is 1. The molecule has 3 rings (SSSR count). The number of nitrogens with zero attached hydrogens (tertiary/aromatic N) is 4. The van der Waals surface area contributed by atoms with E-state index >= 15 is 0 Å². The minimum absolute atomic E-state index is 0.120. The molecule has 1 aromatic heterocycles. The van der Waals surface area contributed by atoms with Crippen LogP contribution in [0.1, 0.15) is 35.5 Å². The van der Waals surface area contributed by atoms with Gasteiger partial charge in [-0.15, -0.1) is 0 Å². The second-order valence-corrected chi connectivity index (χ2v) is 6.60. The standard InChI is InChI=1S/C20H25N5O3/c1-4-24(5-2)20-22-17-12-23(13-26)11-10-16(17)19(28)25(20)15-8-6-14(7-9-15)18(27)21-3/h6-9,13H,4-5,10-12H2,1-3H3,(H,21,27). The van der Waals surface area contributed by atoms with Gasteiger partial charge in [0.1, 0.15) is 0 Å². The van der Waals surface area contributed by atoms with Gasteiger partial charge in [-0.25, -0.2) is 9.55 Å². The van der Waals surface area contributed by atoms with Crippen LogP contribution in [0.2, 0.25) is 0 Å². The lowest BCUT2D eigenvalue weighted by Gasteiger charge is -2.29. The Kier molecular flexibility index (Phi) is 5.77. The summed E-state index contributed by atoms with van der Waals surface area (Å²) in [7, 11) is 1.58. The van der Waals surface area contributed by atoms with Gasteiger partial charge in [-0.1, -0.05) is 0 Å². The van der Waals surface area contributed by atoms with E-state index in [-0.39, 0.29) is 11.5 Å². The average Bonchev–Trinajstić information content (AvgIpc) is 2.74. The number of anilines is 1. The van der Waals surface area contributed by atoms with Gasteiger partial charge < -0.3 is 15.1 Å². The molecule has 1 aromatic carbocycles. The summed E-state index contributed by atoms with van der Waals surface area (Å²) in [6.45, 7) is 6.25.